The van der Waals surface area contributed by atoms with Crippen molar-refractivity contribution in [3.63, 3.8) is 0 Å². The molecule has 1 aliphatic carbocycles. The maximum atomic E-state index is 4.75. The molecule has 29 heavy (non-hydrogen) atoms. The molecule has 2 aromatic carbocycles. The van der Waals surface area contributed by atoms with Crippen LogP contribution in [0.4, 0.5) is 0 Å². The molecule has 0 heterocycles. The zero-order valence-corrected chi connectivity index (χ0v) is 18.3. The predicted molar refractivity (Wildman–Crippen MR) is 126 cm³/mol. The van der Waals surface area contributed by atoms with Crippen molar-refractivity contribution in [1.29, 1.82) is 0 Å². The second kappa shape index (κ2) is 11.1. The van der Waals surface area contributed by atoms with Crippen LogP contribution in [0.5, 0.6) is 0 Å². The van der Waals surface area contributed by atoms with E-state index in [0.29, 0.717) is 5.92 Å². The Hall–Kier alpha value is -2.22. The molecule has 1 fully saturated rings. The Morgan fingerprint density at radius 2 is 1.66 bits per heavy atom. The molecule has 1 unspecified atom stereocenters. The monoisotopic (exact) mass is 388 g/mol. The van der Waals surface area contributed by atoms with Gasteiger partial charge in [0.2, 0.25) is 0 Å². The number of hydrogen-bond acceptors (Lipinski definition) is 2. The van der Waals surface area contributed by atoms with Crippen LogP contribution in [-0.4, -0.2) is 11.9 Å². The summed E-state index contributed by atoms with van der Waals surface area (Å²) in [6.07, 6.45) is 11.0. The van der Waals surface area contributed by atoms with Gasteiger partial charge in [0.1, 0.15) is 0 Å². The minimum absolute atomic E-state index is 0.517. The van der Waals surface area contributed by atoms with Gasteiger partial charge in [-0.25, -0.2) is 0 Å². The molecule has 1 saturated carbocycles. The Morgan fingerprint density at radius 1 is 0.966 bits per heavy atom. The highest BCUT2D eigenvalue weighted by molar-refractivity contribution is 6.02. The summed E-state index contributed by atoms with van der Waals surface area (Å²) in [6, 6.07) is 19.1. The molecule has 0 aliphatic heterocycles. The molecular weight excluding hydrogens is 352 g/mol. The molecule has 1 atom stereocenters. The summed E-state index contributed by atoms with van der Waals surface area (Å²) in [5.41, 5.74) is 4.75. The molecule has 0 aromatic heterocycles. The van der Waals surface area contributed by atoms with Gasteiger partial charge >= 0.3 is 0 Å². The van der Waals surface area contributed by atoms with E-state index in [1.165, 1.54) is 56.1 Å². The fourth-order valence-electron chi connectivity index (χ4n) is 4.80. The third kappa shape index (κ3) is 6.13. The molecular formula is C27H36N2. The summed E-state index contributed by atoms with van der Waals surface area (Å²) in [6.45, 7) is 6.79. The number of nitrogens with zero attached hydrogens (tertiary/aromatic N) is 2. The average molecular weight is 389 g/mol. The summed E-state index contributed by atoms with van der Waals surface area (Å²) < 4.78 is 0. The van der Waals surface area contributed by atoms with E-state index in [-0.39, 0.29) is 0 Å². The van der Waals surface area contributed by atoms with E-state index in [4.69, 9.17) is 5.10 Å². The lowest BCUT2D eigenvalue weighted by Crippen LogP contribution is -2.26. The van der Waals surface area contributed by atoms with Crippen molar-refractivity contribution < 1.29 is 0 Å². The van der Waals surface area contributed by atoms with Crippen LogP contribution in [0.3, 0.4) is 0 Å². The van der Waals surface area contributed by atoms with Crippen molar-refractivity contribution in [3.8, 4) is 0 Å². The topological polar surface area (TPSA) is 24.7 Å². The zero-order chi connectivity index (χ0) is 20.5. The molecule has 0 radical (unpaired) electrons. The third-order valence-electron chi connectivity index (χ3n) is 6.53. The fourth-order valence-corrected chi connectivity index (χ4v) is 4.80. The molecule has 0 N–H and O–H groups in total. The van der Waals surface area contributed by atoms with E-state index >= 15 is 0 Å². The van der Waals surface area contributed by atoms with E-state index < -0.39 is 0 Å². The van der Waals surface area contributed by atoms with Crippen molar-refractivity contribution in [2.45, 2.75) is 65.7 Å². The summed E-state index contributed by atoms with van der Waals surface area (Å²) in [5.74, 6) is 2.31. The first-order valence-electron chi connectivity index (χ1n) is 11.4. The van der Waals surface area contributed by atoms with Gasteiger partial charge in [-0.15, -0.1) is 0 Å². The number of benzene rings is 2. The van der Waals surface area contributed by atoms with Crippen LogP contribution in [0.2, 0.25) is 0 Å². The quantitative estimate of drug-likeness (QED) is 0.331. The number of rotatable bonds is 8. The first-order chi connectivity index (χ1) is 14.2. The zero-order valence-electron chi connectivity index (χ0n) is 18.3. The lowest BCUT2D eigenvalue weighted by molar-refractivity contribution is 0.212. The summed E-state index contributed by atoms with van der Waals surface area (Å²) >= 11 is 0. The Bertz CT molecular complexity index is 781. The normalized spacial score (nSPS) is 21.4. The van der Waals surface area contributed by atoms with Gasteiger partial charge in [-0.05, 0) is 55.6 Å². The summed E-state index contributed by atoms with van der Waals surface area (Å²) in [7, 11) is 0. The molecule has 2 heteroatoms. The molecule has 2 nitrogen and oxygen atoms in total. The first kappa shape index (κ1) is 21.5. The second-order valence-corrected chi connectivity index (χ2v) is 8.58. The van der Waals surface area contributed by atoms with E-state index in [0.717, 1.165) is 23.1 Å². The van der Waals surface area contributed by atoms with Gasteiger partial charge in [0, 0.05) is 5.92 Å². The van der Waals surface area contributed by atoms with Gasteiger partial charge in [0.25, 0.3) is 0 Å². The van der Waals surface area contributed by atoms with Crippen molar-refractivity contribution in [1.82, 2.24) is 0 Å². The molecule has 0 saturated heterocycles. The lowest BCUT2D eigenvalue weighted by atomic mass is 9.72. The molecule has 1 aliphatic rings. The number of aryl methyl sites for hydroxylation is 1. The van der Waals surface area contributed by atoms with Gasteiger partial charge in [0.05, 0.1) is 11.9 Å². The van der Waals surface area contributed by atoms with Crippen molar-refractivity contribution in [2.75, 3.05) is 0 Å². The maximum absolute atomic E-state index is 4.75. The van der Waals surface area contributed by atoms with Crippen LogP contribution in [-0.2, 0) is 0 Å². The largest absolute Gasteiger partial charge is 0.158 e. The Morgan fingerprint density at radius 3 is 2.28 bits per heavy atom. The standard InChI is InChI=1S/C27H36N2/c1-4-9-23(5-2)24-16-18-26(19-17-24)27(25-10-7-6-8-11-25)29-28-20-22-14-12-21(3)13-15-22/h6-8,10-15,20,23-24,26H,4-5,9,16-19H2,1-3H3. The molecule has 3 rings (SSSR count). The Kier molecular flexibility index (Phi) is 8.22. The van der Waals surface area contributed by atoms with Crippen LogP contribution < -0.4 is 0 Å². The van der Waals surface area contributed by atoms with Crippen molar-refractivity contribution in [2.24, 2.45) is 28.0 Å². The molecule has 0 amide bonds. The van der Waals surface area contributed by atoms with E-state index in [1.807, 2.05) is 6.21 Å². The Balaban J connectivity index is 1.74. The molecule has 0 spiro atoms. The molecule has 2 aromatic rings. The second-order valence-electron chi connectivity index (χ2n) is 8.58. The highest BCUT2D eigenvalue weighted by Gasteiger charge is 2.29. The molecule has 0 bridgehead atoms. The van der Waals surface area contributed by atoms with E-state index in [2.05, 4.69) is 80.5 Å². The van der Waals surface area contributed by atoms with Crippen LogP contribution in [0.1, 0.15) is 75.5 Å². The maximum Gasteiger partial charge on any atom is 0.0733 e. The fraction of sp³-hybridized carbons (Fsp3) is 0.481. The molecule has 154 valence electrons. The lowest BCUT2D eigenvalue weighted by Gasteiger charge is -2.34. The predicted octanol–water partition coefficient (Wildman–Crippen LogP) is 7.45. The third-order valence-corrected chi connectivity index (χ3v) is 6.53. The highest BCUT2D eigenvalue weighted by atomic mass is 15.2. The van der Waals surface area contributed by atoms with Crippen LogP contribution >= 0.6 is 0 Å². The van der Waals surface area contributed by atoms with Crippen molar-refractivity contribution in [3.05, 3.63) is 71.3 Å². The average Bonchev–Trinajstić information content (AvgIpc) is 2.77. The van der Waals surface area contributed by atoms with E-state index in [1.54, 1.807) is 0 Å². The van der Waals surface area contributed by atoms with Gasteiger partial charge in [-0.1, -0.05) is 93.3 Å². The smallest absolute Gasteiger partial charge is 0.0733 e. The SMILES string of the molecule is CCCC(CC)C1CCC(C(=NN=Cc2ccc(C)cc2)c2ccccc2)CC1. The van der Waals surface area contributed by atoms with Gasteiger partial charge in [0.15, 0.2) is 0 Å². The van der Waals surface area contributed by atoms with E-state index in [9.17, 15) is 0 Å². The van der Waals surface area contributed by atoms with Crippen LogP contribution in [0.25, 0.3) is 0 Å². The van der Waals surface area contributed by atoms with Crippen LogP contribution in [0, 0.1) is 24.7 Å². The minimum Gasteiger partial charge on any atom is -0.158 e. The van der Waals surface area contributed by atoms with Gasteiger partial charge < -0.3 is 0 Å². The highest BCUT2D eigenvalue weighted by Crippen LogP contribution is 2.38. The summed E-state index contributed by atoms with van der Waals surface area (Å²) in [4.78, 5) is 0. The van der Waals surface area contributed by atoms with Crippen molar-refractivity contribution >= 4 is 11.9 Å². The van der Waals surface area contributed by atoms with Gasteiger partial charge in [-0.2, -0.15) is 10.2 Å². The van der Waals surface area contributed by atoms with Crippen LogP contribution in [0.15, 0.2) is 64.8 Å². The Labute approximate surface area is 177 Å². The number of hydrogen-bond donors (Lipinski definition) is 0. The summed E-state index contributed by atoms with van der Waals surface area (Å²) in [5, 5.41) is 9.23. The minimum atomic E-state index is 0.517. The first-order valence-corrected chi connectivity index (χ1v) is 11.4. The van der Waals surface area contributed by atoms with Gasteiger partial charge in [-0.3, -0.25) is 0 Å².